The van der Waals surface area contributed by atoms with Crippen LogP contribution in [0.25, 0.3) is 0 Å². The average molecular weight is 428 g/mol. The number of aliphatic hydroxyl groups excluding tert-OH is 1. The molecule has 0 spiro atoms. The van der Waals surface area contributed by atoms with Gasteiger partial charge in [-0.1, -0.05) is 42.5 Å². The summed E-state index contributed by atoms with van der Waals surface area (Å²) in [7, 11) is -3.77. The first-order chi connectivity index (χ1) is 14.3. The fourth-order valence-electron chi connectivity index (χ4n) is 2.73. The Hall–Kier alpha value is -3.07. The minimum absolute atomic E-state index is 0.0222. The molecule has 0 aliphatic carbocycles. The molecule has 30 heavy (non-hydrogen) atoms. The Morgan fingerprint density at radius 1 is 0.933 bits per heavy atom. The number of benzene rings is 3. The van der Waals surface area contributed by atoms with E-state index in [2.05, 4.69) is 10.0 Å². The molecule has 0 unspecified atom stereocenters. The fourth-order valence-corrected chi connectivity index (χ4v) is 3.75. The number of aliphatic hydroxyl groups is 1. The predicted octanol–water partition coefficient (Wildman–Crippen LogP) is 2.77. The minimum Gasteiger partial charge on any atom is -0.387 e. The number of hydrogen-bond donors (Lipinski definition) is 3. The molecule has 3 N–H and O–H groups in total. The maximum atomic E-state index is 13.0. The molecule has 156 valence electrons. The molecule has 3 rings (SSSR count). The lowest BCUT2D eigenvalue weighted by Crippen LogP contribution is -2.28. The number of carbonyl (C=O) groups is 1. The summed E-state index contributed by atoms with van der Waals surface area (Å²) in [6.45, 7) is 0.0936. The Morgan fingerprint density at radius 2 is 1.57 bits per heavy atom. The van der Waals surface area contributed by atoms with Crippen molar-refractivity contribution in [3.8, 4) is 0 Å². The van der Waals surface area contributed by atoms with E-state index in [4.69, 9.17) is 0 Å². The zero-order valence-corrected chi connectivity index (χ0v) is 16.8. The zero-order chi connectivity index (χ0) is 21.6. The van der Waals surface area contributed by atoms with Crippen LogP contribution in [-0.2, 0) is 16.6 Å². The van der Waals surface area contributed by atoms with Crippen molar-refractivity contribution < 1.29 is 22.7 Å². The van der Waals surface area contributed by atoms with E-state index in [0.717, 1.165) is 12.1 Å². The maximum Gasteiger partial charge on any atom is 0.251 e. The first-order valence-corrected chi connectivity index (χ1v) is 10.7. The Morgan fingerprint density at radius 3 is 2.20 bits per heavy atom. The molecule has 6 nitrogen and oxygen atoms in total. The molecular formula is C22H21FN2O4S. The van der Waals surface area contributed by atoms with Crippen LogP contribution in [0.5, 0.6) is 0 Å². The van der Waals surface area contributed by atoms with Crippen LogP contribution < -0.4 is 10.0 Å². The second-order valence-electron chi connectivity index (χ2n) is 6.61. The third kappa shape index (κ3) is 5.73. The molecule has 0 radical (unpaired) electrons. The van der Waals surface area contributed by atoms with Crippen molar-refractivity contribution in [2.75, 3.05) is 6.54 Å². The van der Waals surface area contributed by atoms with Gasteiger partial charge < -0.3 is 10.4 Å². The monoisotopic (exact) mass is 428 g/mol. The van der Waals surface area contributed by atoms with Crippen molar-refractivity contribution in [3.05, 3.63) is 101 Å². The summed E-state index contributed by atoms with van der Waals surface area (Å²) in [6.07, 6.45) is -0.810. The van der Waals surface area contributed by atoms with Gasteiger partial charge in [-0.2, -0.15) is 0 Å². The quantitative estimate of drug-likeness (QED) is 0.514. The van der Waals surface area contributed by atoms with Crippen molar-refractivity contribution in [2.45, 2.75) is 17.5 Å². The molecule has 0 heterocycles. The number of hydrogen-bond acceptors (Lipinski definition) is 4. The molecule has 3 aromatic carbocycles. The van der Waals surface area contributed by atoms with Crippen LogP contribution in [0.2, 0.25) is 0 Å². The van der Waals surface area contributed by atoms with Crippen molar-refractivity contribution in [3.63, 3.8) is 0 Å². The van der Waals surface area contributed by atoms with Crippen LogP contribution in [0.1, 0.15) is 27.6 Å². The average Bonchev–Trinajstić information content (AvgIpc) is 2.77. The molecule has 1 amide bonds. The highest BCUT2D eigenvalue weighted by Crippen LogP contribution is 2.13. The van der Waals surface area contributed by atoms with Crippen LogP contribution in [0.15, 0.2) is 83.8 Å². The van der Waals surface area contributed by atoms with Gasteiger partial charge in [-0.3, -0.25) is 4.79 Å². The predicted molar refractivity (Wildman–Crippen MR) is 111 cm³/mol. The van der Waals surface area contributed by atoms with Gasteiger partial charge in [0.1, 0.15) is 5.82 Å². The van der Waals surface area contributed by atoms with E-state index in [9.17, 15) is 22.7 Å². The largest absolute Gasteiger partial charge is 0.387 e. The van der Waals surface area contributed by atoms with Crippen LogP contribution in [0.4, 0.5) is 4.39 Å². The van der Waals surface area contributed by atoms with E-state index in [-0.39, 0.29) is 23.9 Å². The second-order valence-corrected chi connectivity index (χ2v) is 8.38. The van der Waals surface area contributed by atoms with E-state index >= 15 is 0 Å². The summed E-state index contributed by atoms with van der Waals surface area (Å²) in [5.41, 5.74) is 1.75. The van der Waals surface area contributed by atoms with E-state index in [0.29, 0.717) is 16.7 Å². The van der Waals surface area contributed by atoms with Crippen LogP contribution >= 0.6 is 0 Å². The number of halogens is 1. The summed E-state index contributed by atoms with van der Waals surface area (Å²) < 4.78 is 39.9. The van der Waals surface area contributed by atoms with E-state index in [1.807, 2.05) is 18.2 Å². The number of carbonyl (C=O) groups excluding carboxylic acids is 1. The van der Waals surface area contributed by atoms with Gasteiger partial charge in [0.2, 0.25) is 10.0 Å². The third-order valence-electron chi connectivity index (χ3n) is 4.45. The van der Waals surface area contributed by atoms with Crippen molar-refractivity contribution in [1.29, 1.82) is 0 Å². The maximum absolute atomic E-state index is 13.0. The zero-order valence-electron chi connectivity index (χ0n) is 16.0. The van der Waals surface area contributed by atoms with Crippen LogP contribution in [0, 0.1) is 5.82 Å². The van der Waals surface area contributed by atoms with Crippen molar-refractivity contribution in [2.24, 2.45) is 0 Å². The van der Waals surface area contributed by atoms with Gasteiger partial charge in [-0.25, -0.2) is 17.5 Å². The molecular weight excluding hydrogens is 407 g/mol. The van der Waals surface area contributed by atoms with Crippen molar-refractivity contribution in [1.82, 2.24) is 10.0 Å². The van der Waals surface area contributed by atoms with Gasteiger partial charge in [0, 0.05) is 18.7 Å². The Bertz CT molecular complexity index is 1090. The molecule has 0 saturated carbocycles. The molecule has 3 aromatic rings. The molecule has 0 aromatic heterocycles. The molecule has 1 atom stereocenters. The molecule has 8 heteroatoms. The van der Waals surface area contributed by atoms with Crippen LogP contribution in [-0.4, -0.2) is 26.0 Å². The number of rotatable bonds is 8. The van der Waals surface area contributed by atoms with Gasteiger partial charge in [0.15, 0.2) is 0 Å². The Kier molecular flexibility index (Phi) is 6.94. The lowest BCUT2D eigenvalue weighted by molar-refractivity contribution is 0.0916. The smallest absolute Gasteiger partial charge is 0.251 e. The molecule has 0 bridgehead atoms. The fraction of sp³-hybridized carbons (Fsp3) is 0.136. The summed E-state index contributed by atoms with van der Waals surface area (Å²) in [6, 6.07) is 20.0. The van der Waals surface area contributed by atoms with Gasteiger partial charge in [-0.05, 0) is 47.5 Å². The summed E-state index contributed by atoms with van der Waals surface area (Å²) in [5, 5.41) is 12.8. The van der Waals surface area contributed by atoms with E-state index < -0.39 is 21.9 Å². The Balaban J connectivity index is 1.54. The minimum atomic E-state index is -3.77. The SMILES string of the molecule is O=C(NC[C@@H](O)c1ccccc1)c1ccc(CNS(=O)(=O)c2ccc(F)cc2)cc1. The third-order valence-corrected chi connectivity index (χ3v) is 5.86. The van der Waals surface area contributed by atoms with E-state index in [1.165, 1.54) is 12.1 Å². The highest BCUT2D eigenvalue weighted by atomic mass is 32.2. The van der Waals surface area contributed by atoms with Gasteiger partial charge >= 0.3 is 0 Å². The van der Waals surface area contributed by atoms with Gasteiger partial charge in [0.05, 0.1) is 11.0 Å². The molecule has 0 aliphatic heterocycles. The number of nitrogens with one attached hydrogen (secondary N) is 2. The van der Waals surface area contributed by atoms with Gasteiger partial charge in [-0.15, -0.1) is 0 Å². The number of amides is 1. The van der Waals surface area contributed by atoms with E-state index in [1.54, 1.807) is 36.4 Å². The molecule has 0 fully saturated rings. The van der Waals surface area contributed by atoms with Gasteiger partial charge in [0.25, 0.3) is 5.91 Å². The molecule has 0 saturated heterocycles. The highest BCUT2D eigenvalue weighted by molar-refractivity contribution is 7.89. The normalized spacial score (nSPS) is 12.3. The Labute approximate surface area is 174 Å². The number of sulfonamides is 1. The second kappa shape index (κ2) is 9.62. The van der Waals surface area contributed by atoms with Crippen LogP contribution in [0.3, 0.4) is 0 Å². The lowest BCUT2D eigenvalue weighted by Gasteiger charge is -2.12. The highest BCUT2D eigenvalue weighted by Gasteiger charge is 2.14. The lowest BCUT2D eigenvalue weighted by atomic mass is 10.1. The summed E-state index contributed by atoms with van der Waals surface area (Å²) >= 11 is 0. The molecule has 0 aliphatic rings. The topological polar surface area (TPSA) is 95.5 Å². The standard InChI is InChI=1S/C22H21FN2O4S/c23-19-10-12-20(13-11-19)30(28,29)25-14-16-6-8-18(9-7-16)22(27)24-15-21(26)17-4-2-1-3-5-17/h1-13,21,25-26H,14-15H2,(H,24,27)/t21-/m1/s1. The summed E-state index contributed by atoms with van der Waals surface area (Å²) in [5.74, 6) is -0.859. The summed E-state index contributed by atoms with van der Waals surface area (Å²) in [4.78, 5) is 12.2. The first-order valence-electron chi connectivity index (χ1n) is 9.20. The van der Waals surface area contributed by atoms with Crippen molar-refractivity contribution >= 4 is 15.9 Å². The first kappa shape index (κ1) is 21.6.